The summed E-state index contributed by atoms with van der Waals surface area (Å²) in [7, 11) is -3.52. The van der Waals surface area contributed by atoms with Crippen LogP contribution >= 0.6 is 15.9 Å². The van der Waals surface area contributed by atoms with Gasteiger partial charge in [0.25, 0.3) is 5.56 Å². The summed E-state index contributed by atoms with van der Waals surface area (Å²) in [4.78, 5) is 20.6. The molecule has 0 radical (unpaired) electrons. The largest absolute Gasteiger partial charge is 0.467 e. The summed E-state index contributed by atoms with van der Waals surface area (Å²) in [5.41, 5.74) is 0.682. The number of hydrogen-bond acceptors (Lipinski definition) is 6. The predicted molar refractivity (Wildman–Crippen MR) is 82.2 cm³/mol. The number of halogens is 1. The predicted octanol–water partition coefficient (Wildman–Crippen LogP) is 1.09. The van der Waals surface area contributed by atoms with Crippen LogP contribution in [0.3, 0.4) is 0 Å². The van der Waals surface area contributed by atoms with E-state index in [2.05, 4.69) is 30.8 Å². The molecular formula is C13H14BrN3O4S. The minimum Gasteiger partial charge on any atom is -0.467 e. The van der Waals surface area contributed by atoms with E-state index >= 15 is 0 Å². The molecule has 0 spiro atoms. The van der Waals surface area contributed by atoms with Gasteiger partial charge in [-0.3, -0.25) is 14.7 Å². The lowest BCUT2D eigenvalue weighted by molar-refractivity contribution is 0.222. The van der Waals surface area contributed by atoms with Crippen LogP contribution in [0.1, 0.15) is 17.0 Å². The molecule has 9 heteroatoms. The normalized spacial score (nSPS) is 15.7. The molecule has 1 aliphatic rings. The van der Waals surface area contributed by atoms with E-state index in [4.69, 9.17) is 4.42 Å². The molecular weight excluding hydrogens is 374 g/mol. The summed E-state index contributed by atoms with van der Waals surface area (Å²) in [6.45, 7) is 1.68. The molecule has 0 saturated heterocycles. The summed E-state index contributed by atoms with van der Waals surface area (Å²) >= 11 is 3.33. The van der Waals surface area contributed by atoms with Crippen LogP contribution in [0.25, 0.3) is 0 Å². The SMILES string of the molecule is CS(=O)(=O)c1nc2c(c(=O)[nH]1)CN(Cc1cc(Br)co1)CC2. The summed E-state index contributed by atoms with van der Waals surface area (Å²) in [6, 6.07) is 1.88. The highest BCUT2D eigenvalue weighted by Gasteiger charge is 2.24. The summed E-state index contributed by atoms with van der Waals surface area (Å²) in [6.07, 6.45) is 3.17. The Balaban J connectivity index is 1.86. The van der Waals surface area contributed by atoms with Crippen molar-refractivity contribution in [3.05, 3.63) is 44.2 Å². The number of H-pyrrole nitrogens is 1. The monoisotopic (exact) mass is 387 g/mol. The molecule has 0 aliphatic carbocycles. The van der Waals surface area contributed by atoms with E-state index in [1.807, 2.05) is 6.07 Å². The van der Waals surface area contributed by atoms with Crippen molar-refractivity contribution in [3.63, 3.8) is 0 Å². The summed E-state index contributed by atoms with van der Waals surface area (Å²) in [5.74, 6) is 0.799. The Morgan fingerprint density at radius 3 is 2.91 bits per heavy atom. The molecule has 0 fully saturated rings. The Labute approximate surface area is 135 Å². The van der Waals surface area contributed by atoms with Gasteiger partial charge in [-0.1, -0.05) is 0 Å². The number of rotatable bonds is 3. The fourth-order valence-electron chi connectivity index (χ4n) is 2.43. The molecule has 22 heavy (non-hydrogen) atoms. The minimum absolute atomic E-state index is 0.264. The Morgan fingerprint density at radius 1 is 1.50 bits per heavy atom. The molecule has 0 aromatic carbocycles. The zero-order chi connectivity index (χ0) is 15.9. The Hall–Kier alpha value is -1.45. The van der Waals surface area contributed by atoms with Crippen molar-refractivity contribution in [2.75, 3.05) is 12.8 Å². The molecule has 3 rings (SSSR count). The van der Waals surface area contributed by atoms with Gasteiger partial charge in [-0.2, -0.15) is 0 Å². The van der Waals surface area contributed by atoms with E-state index in [0.29, 0.717) is 37.3 Å². The van der Waals surface area contributed by atoms with Gasteiger partial charge in [0.2, 0.25) is 15.0 Å². The van der Waals surface area contributed by atoms with Gasteiger partial charge in [0.05, 0.1) is 22.3 Å². The van der Waals surface area contributed by atoms with E-state index < -0.39 is 15.4 Å². The number of fused-ring (bicyclic) bond motifs is 1. The van der Waals surface area contributed by atoms with Crippen molar-refractivity contribution in [2.45, 2.75) is 24.7 Å². The smallest absolute Gasteiger partial charge is 0.256 e. The number of nitrogens with one attached hydrogen (secondary N) is 1. The van der Waals surface area contributed by atoms with Crippen molar-refractivity contribution in [2.24, 2.45) is 0 Å². The number of aromatic amines is 1. The third-order valence-electron chi connectivity index (χ3n) is 3.48. The average Bonchev–Trinajstić information content (AvgIpc) is 2.83. The van der Waals surface area contributed by atoms with E-state index in [0.717, 1.165) is 16.5 Å². The van der Waals surface area contributed by atoms with Crippen LogP contribution in [0.15, 0.2) is 31.2 Å². The van der Waals surface area contributed by atoms with Crippen molar-refractivity contribution in [1.29, 1.82) is 0 Å². The number of hydrogen-bond donors (Lipinski definition) is 1. The first-order valence-electron chi connectivity index (χ1n) is 6.60. The standard InChI is InChI=1S/C13H14BrN3O4S/c1-22(19,20)13-15-11-2-3-17(6-10(11)12(18)16-13)5-9-4-8(14)7-21-9/h4,7H,2-3,5-6H2,1H3,(H,15,16,18). The lowest BCUT2D eigenvalue weighted by Crippen LogP contribution is -2.36. The van der Waals surface area contributed by atoms with E-state index in [1.165, 1.54) is 0 Å². The average molecular weight is 388 g/mol. The number of sulfone groups is 1. The highest BCUT2D eigenvalue weighted by Crippen LogP contribution is 2.20. The molecule has 0 saturated carbocycles. The van der Waals surface area contributed by atoms with Crippen molar-refractivity contribution < 1.29 is 12.8 Å². The Bertz CT molecular complexity index is 872. The zero-order valence-corrected chi connectivity index (χ0v) is 14.2. The number of nitrogens with zero attached hydrogens (tertiary/aromatic N) is 2. The Kier molecular flexibility index (Phi) is 3.96. The molecule has 7 nitrogen and oxygen atoms in total. The molecule has 1 aliphatic heterocycles. The first-order chi connectivity index (χ1) is 10.3. The van der Waals surface area contributed by atoms with Crippen molar-refractivity contribution in [1.82, 2.24) is 14.9 Å². The zero-order valence-electron chi connectivity index (χ0n) is 11.8. The second-order valence-electron chi connectivity index (χ2n) is 5.26. The van der Waals surface area contributed by atoms with Crippen molar-refractivity contribution >= 4 is 25.8 Å². The third kappa shape index (κ3) is 3.16. The third-order valence-corrected chi connectivity index (χ3v) is 4.79. The maximum atomic E-state index is 12.1. The van der Waals surface area contributed by atoms with Crippen LogP contribution < -0.4 is 5.56 Å². The van der Waals surface area contributed by atoms with Gasteiger partial charge < -0.3 is 4.42 Å². The van der Waals surface area contributed by atoms with E-state index in [-0.39, 0.29) is 5.16 Å². The summed E-state index contributed by atoms with van der Waals surface area (Å²) in [5, 5.41) is -0.264. The first-order valence-corrected chi connectivity index (χ1v) is 9.29. The lowest BCUT2D eigenvalue weighted by atomic mass is 10.1. The van der Waals surface area contributed by atoms with Gasteiger partial charge >= 0.3 is 0 Å². The molecule has 0 amide bonds. The molecule has 0 bridgehead atoms. The van der Waals surface area contributed by atoms with Crippen LogP contribution in [-0.4, -0.2) is 36.1 Å². The van der Waals surface area contributed by atoms with Gasteiger partial charge in [0, 0.05) is 25.8 Å². The maximum Gasteiger partial charge on any atom is 0.256 e. The van der Waals surface area contributed by atoms with Gasteiger partial charge in [-0.05, 0) is 22.0 Å². The number of aromatic nitrogens is 2. The van der Waals surface area contributed by atoms with Crippen LogP contribution in [0.4, 0.5) is 0 Å². The molecule has 0 atom stereocenters. The molecule has 2 aromatic heterocycles. The Morgan fingerprint density at radius 2 is 2.27 bits per heavy atom. The van der Waals surface area contributed by atoms with Gasteiger partial charge in [0.1, 0.15) is 12.0 Å². The molecule has 118 valence electrons. The maximum absolute atomic E-state index is 12.1. The lowest BCUT2D eigenvalue weighted by Gasteiger charge is -2.26. The first kappa shape index (κ1) is 15.4. The molecule has 3 heterocycles. The van der Waals surface area contributed by atoms with Crippen molar-refractivity contribution in [3.8, 4) is 0 Å². The highest BCUT2D eigenvalue weighted by molar-refractivity contribution is 9.10. The molecule has 0 unspecified atom stereocenters. The van der Waals surface area contributed by atoms with Crippen LogP contribution in [0.2, 0.25) is 0 Å². The van der Waals surface area contributed by atoms with Crippen LogP contribution in [-0.2, 0) is 29.3 Å². The van der Waals surface area contributed by atoms with Gasteiger partial charge in [-0.25, -0.2) is 13.4 Å². The van der Waals surface area contributed by atoms with E-state index in [1.54, 1.807) is 6.26 Å². The van der Waals surface area contributed by atoms with E-state index in [9.17, 15) is 13.2 Å². The topological polar surface area (TPSA) is 96.3 Å². The molecule has 2 aromatic rings. The second kappa shape index (κ2) is 5.64. The summed E-state index contributed by atoms with van der Waals surface area (Å²) < 4.78 is 29.3. The minimum atomic E-state index is -3.52. The van der Waals surface area contributed by atoms with Crippen LogP contribution in [0, 0.1) is 0 Å². The van der Waals surface area contributed by atoms with Gasteiger partial charge in [-0.15, -0.1) is 0 Å². The number of furan rings is 1. The van der Waals surface area contributed by atoms with Gasteiger partial charge in [0.15, 0.2) is 0 Å². The fraction of sp³-hybridized carbons (Fsp3) is 0.385. The quantitative estimate of drug-likeness (QED) is 0.791. The molecule has 1 N–H and O–H groups in total. The second-order valence-corrected chi connectivity index (χ2v) is 8.11. The highest BCUT2D eigenvalue weighted by atomic mass is 79.9. The van der Waals surface area contributed by atoms with Crippen LogP contribution in [0.5, 0.6) is 0 Å². The fourth-order valence-corrected chi connectivity index (χ4v) is 3.33.